The minimum Gasteiger partial charge on any atom is -0.0991 e. The van der Waals surface area contributed by atoms with E-state index in [0.717, 1.165) is 6.42 Å². The average molecular weight is 205 g/mol. The number of hydrogen-bond acceptors (Lipinski definition) is 0. The summed E-state index contributed by atoms with van der Waals surface area (Å²) >= 11 is 0. The van der Waals surface area contributed by atoms with Gasteiger partial charge in [-0.05, 0) is 12.8 Å². The highest BCUT2D eigenvalue weighted by atomic mass is 13.9. The second-order valence-electron chi connectivity index (χ2n) is 3.81. The molecule has 0 unspecified atom stereocenters. The van der Waals surface area contributed by atoms with Crippen LogP contribution in [0.15, 0.2) is 37.0 Å². The van der Waals surface area contributed by atoms with Crippen LogP contribution in [0.1, 0.15) is 51.4 Å². The quantitative estimate of drug-likeness (QED) is 0.338. The van der Waals surface area contributed by atoms with E-state index in [1.807, 2.05) is 12.2 Å². The van der Waals surface area contributed by atoms with Gasteiger partial charge in [0.25, 0.3) is 0 Å². The highest BCUT2D eigenvalue weighted by Crippen LogP contribution is 2.08. The Labute approximate surface area is 95.8 Å². The average Bonchev–Trinajstić information content (AvgIpc) is 2.26. The first-order valence-electron chi connectivity index (χ1n) is 6.15. The maximum atomic E-state index is 3.85. The molecule has 0 heterocycles. The fraction of sp³-hybridized carbons (Fsp3) is 0.533. The number of rotatable bonds is 10. The molecule has 0 rings (SSSR count). The van der Waals surface area contributed by atoms with Crippen LogP contribution >= 0.6 is 0 Å². The van der Waals surface area contributed by atoms with E-state index in [1.54, 1.807) is 6.08 Å². The van der Waals surface area contributed by atoms with Crippen molar-refractivity contribution < 1.29 is 0 Å². The molecule has 15 heavy (non-hydrogen) atoms. The van der Waals surface area contributed by atoms with Gasteiger partial charge < -0.3 is 0 Å². The van der Waals surface area contributed by atoms with Crippen LogP contribution < -0.4 is 0 Å². The molecule has 0 aliphatic heterocycles. The third kappa shape index (κ3) is 13.2. The van der Waals surface area contributed by atoms with Crippen molar-refractivity contribution in [3.8, 4) is 0 Å². The molecule has 0 aromatic rings. The summed E-state index contributed by atoms with van der Waals surface area (Å²) in [5.41, 5.74) is 0. The third-order valence-electron chi connectivity index (χ3n) is 2.37. The molecular formula is C15H25. The normalized spacial score (nSPS) is 11.5. The zero-order valence-corrected chi connectivity index (χ0v) is 9.96. The van der Waals surface area contributed by atoms with Crippen LogP contribution in [-0.4, -0.2) is 0 Å². The van der Waals surface area contributed by atoms with Crippen molar-refractivity contribution in [3.63, 3.8) is 0 Å². The zero-order chi connectivity index (χ0) is 11.2. The highest BCUT2D eigenvalue weighted by Gasteiger charge is 1.88. The summed E-state index contributed by atoms with van der Waals surface area (Å²) in [6.07, 6.45) is 20.5. The minimum atomic E-state index is 1.10. The van der Waals surface area contributed by atoms with Gasteiger partial charge in [-0.15, -0.1) is 0 Å². The molecule has 0 N–H and O–H groups in total. The van der Waals surface area contributed by atoms with Crippen LogP contribution in [-0.2, 0) is 0 Å². The summed E-state index contributed by atoms with van der Waals surface area (Å²) in [5, 5.41) is 0. The van der Waals surface area contributed by atoms with Crippen LogP contribution in [0.2, 0.25) is 0 Å². The van der Waals surface area contributed by atoms with Gasteiger partial charge in [-0.2, -0.15) is 0 Å². The van der Waals surface area contributed by atoms with Gasteiger partial charge in [0.15, 0.2) is 0 Å². The van der Waals surface area contributed by atoms with Crippen molar-refractivity contribution in [3.05, 3.63) is 43.9 Å². The lowest BCUT2D eigenvalue weighted by Crippen LogP contribution is -1.78. The standard InChI is InChI=1S/C15H25/c1-3-5-7-9-11-13-15-14-12-10-8-6-4-2/h3,5,7,9,11H,1-2,4,6,8,10,12-15H2/b7-5+,11-9+. The minimum absolute atomic E-state index is 1.10. The Morgan fingerprint density at radius 1 is 0.733 bits per heavy atom. The molecule has 0 nitrogen and oxygen atoms in total. The lowest BCUT2D eigenvalue weighted by atomic mass is 10.1. The fourth-order valence-electron chi connectivity index (χ4n) is 1.46. The van der Waals surface area contributed by atoms with E-state index in [1.165, 1.54) is 44.9 Å². The van der Waals surface area contributed by atoms with Gasteiger partial charge in [0.1, 0.15) is 0 Å². The Morgan fingerprint density at radius 3 is 2.07 bits per heavy atom. The van der Waals surface area contributed by atoms with Gasteiger partial charge >= 0.3 is 0 Å². The van der Waals surface area contributed by atoms with Crippen LogP contribution in [0.5, 0.6) is 0 Å². The van der Waals surface area contributed by atoms with Crippen LogP contribution in [0.3, 0.4) is 0 Å². The first-order chi connectivity index (χ1) is 7.41. The molecule has 85 valence electrons. The largest absolute Gasteiger partial charge is 0.0991 e. The molecule has 0 fully saturated rings. The monoisotopic (exact) mass is 205 g/mol. The third-order valence-corrected chi connectivity index (χ3v) is 2.37. The first kappa shape index (κ1) is 14.2. The molecule has 0 aliphatic carbocycles. The van der Waals surface area contributed by atoms with Gasteiger partial charge in [-0.1, -0.05) is 82.4 Å². The lowest BCUT2D eigenvalue weighted by Gasteiger charge is -1.98. The molecular weight excluding hydrogens is 180 g/mol. The van der Waals surface area contributed by atoms with Crippen LogP contribution in [0.25, 0.3) is 0 Å². The van der Waals surface area contributed by atoms with Gasteiger partial charge in [0, 0.05) is 0 Å². The summed E-state index contributed by atoms with van der Waals surface area (Å²) in [5.74, 6) is 0. The molecule has 0 saturated heterocycles. The predicted octanol–water partition coefficient (Wildman–Crippen LogP) is 5.24. The summed E-state index contributed by atoms with van der Waals surface area (Å²) in [4.78, 5) is 0. The number of allylic oxidation sites excluding steroid dienone is 5. The van der Waals surface area contributed by atoms with Gasteiger partial charge in [-0.3, -0.25) is 0 Å². The van der Waals surface area contributed by atoms with Crippen molar-refractivity contribution in [1.82, 2.24) is 0 Å². The summed E-state index contributed by atoms with van der Waals surface area (Å²) < 4.78 is 0. The molecule has 0 atom stereocenters. The molecule has 0 spiro atoms. The second-order valence-corrected chi connectivity index (χ2v) is 3.81. The van der Waals surface area contributed by atoms with Gasteiger partial charge in [-0.25, -0.2) is 0 Å². The van der Waals surface area contributed by atoms with Crippen molar-refractivity contribution >= 4 is 0 Å². The van der Waals surface area contributed by atoms with Crippen LogP contribution in [0.4, 0.5) is 0 Å². The zero-order valence-electron chi connectivity index (χ0n) is 9.96. The van der Waals surface area contributed by atoms with Crippen molar-refractivity contribution in [2.24, 2.45) is 0 Å². The van der Waals surface area contributed by atoms with E-state index in [-0.39, 0.29) is 0 Å². The van der Waals surface area contributed by atoms with Crippen molar-refractivity contribution in [2.75, 3.05) is 0 Å². The lowest BCUT2D eigenvalue weighted by molar-refractivity contribution is 0.599. The second kappa shape index (κ2) is 13.2. The summed E-state index contributed by atoms with van der Waals surface area (Å²) in [6.45, 7) is 7.46. The first-order valence-corrected chi connectivity index (χ1v) is 6.15. The molecule has 0 saturated carbocycles. The Bertz CT molecular complexity index is 174. The van der Waals surface area contributed by atoms with Crippen molar-refractivity contribution in [1.29, 1.82) is 0 Å². The maximum Gasteiger partial charge on any atom is -0.0348 e. The fourth-order valence-corrected chi connectivity index (χ4v) is 1.46. The maximum absolute atomic E-state index is 3.85. The highest BCUT2D eigenvalue weighted by molar-refractivity contribution is 5.08. The van der Waals surface area contributed by atoms with E-state index in [9.17, 15) is 0 Å². The van der Waals surface area contributed by atoms with Crippen molar-refractivity contribution in [2.45, 2.75) is 51.4 Å². The van der Waals surface area contributed by atoms with Gasteiger partial charge in [0.05, 0.1) is 0 Å². The Hall–Kier alpha value is -0.780. The van der Waals surface area contributed by atoms with Gasteiger partial charge in [0.2, 0.25) is 0 Å². The molecule has 0 aromatic carbocycles. The Balaban J connectivity index is 3.07. The summed E-state index contributed by atoms with van der Waals surface area (Å²) in [7, 11) is 0. The Kier molecular flexibility index (Phi) is 12.5. The van der Waals surface area contributed by atoms with E-state index in [4.69, 9.17) is 0 Å². The Morgan fingerprint density at radius 2 is 1.40 bits per heavy atom. The molecule has 0 aliphatic rings. The molecule has 0 heteroatoms. The van der Waals surface area contributed by atoms with E-state index >= 15 is 0 Å². The number of hydrogen-bond donors (Lipinski definition) is 0. The van der Waals surface area contributed by atoms with E-state index in [2.05, 4.69) is 25.7 Å². The smallest absolute Gasteiger partial charge is 0.0348 e. The molecule has 0 amide bonds. The van der Waals surface area contributed by atoms with E-state index < -0.39 is 0 Å². The van der Waals surface area contributed by atoms with Crippen LogP contribution in [0, 0.1) is 6.92 Å². The molecule has 0 bridgehead atoms. The van der Waals surface area contributed by atoms with E-state index in [0.29, 0.717) is 0 Å². The molecule has 1 radical (unpaired) electrons. The summed E-state index contributed by atoms with van der Waals surface area (Å²) in [6, 6.07) is 0. The topological polar surface area (TPSA) is 0 Å². The predicted molar refractivity (Wildman–Crippen MR) is 70.8 cm³/mol. The number of unbranched alkanes of at least 4 members (excludes halogenated alkanes) is 7. The SMILES string of the molecule is [CH2]CCCCCCCC/C=C/C=C/C=C. The molecule has 0 aromatic heterocycles.